The van der Waals surface area contributed by atoms with Gasteiger partial charge in [-0.25, -0.2) is 4.98 Å². The number of nitrogens with zero attached hydrogens (tertiary/aromatic N) is 1. The van der Waals surface area contributed by atoms with Crippen molar-refractivity contribution in [2.75, 3.05) is 12.4 Å². The molecule has 1 aromatic heterocycles. The van der Waals surface area contributed by atoms with Crippen molar-refractivity contribution in [3.63, 3.8) is 0 Å². The van der Waals surface area contributed by atoms with Gasteiger partial charge in [-0.05, 0) is 48.7 Å². The number of halogens is 1. The predicted molar refractivity (Wildman–Crippen MR) is 117 cm³/mol. The van der Waals surface area contributed by atoms with Crippen molar-refractivity contribution in [1.82, 2.24) is 4.98 Å². The molecule has 146 valence electrons. The molecule has 0 bridgehead atoms. The second kappa shape index (κ2) is 8.28. The fourth-order valence-corrected chi connectivity index (χ4v) is 3.93. The van der Waals surface area contributed by atoms with E-state index in [0.717, 1.165) is 39.6 Å². The molecule has 1 saturated carbocycles. The quantitative estimate of drug-likeness (QED) is 0.577. The molecule has 0 radical (unpaired) electrons. The number of carbonyl (C=O) groups is 1. The maximum Gasteiger partial charge on any atom is 0.244 e. The Labute approximate surface area is 178 Å². The van der Waals surface area contributed by atoms with Gasteiger partial charge in [0.1, 0.15) is 11.2 Å². The van der Waals surface area contributed by atoms with Crippen molar-refractivity contribution in [3.8, 4) is 17.6 Å². The van der Waals surface area contributed by atoms with Crippen LogP contribution in [0.15, 0.2) is 54.7 Å². The summed E-state index contributed by atoms with van der Waals surface area (Å²) in [5.74, 6) is 6.96. The standard InChI is InChI=1S/C23H19ClN2O2S/c1-28-18-8-6-16(7-9-18)10-11-23(12-13-23)21(27)26-22-25-15-19(29-22)14-17-4-2-3-5-20(17)24/h2-9,15H,12-14H2,1H3,(H,25,26,27). The molecule has 29 heavy (non-hydrogen) atoms. The van der Waals surface area contributed by atoms with E-state index in [0.29, 0.717) is 11.6 Å². The van der Waals surface area contributed by atoms with E-state index in [1.165, 1.54) is 11.3 Å². The van der Waals surface area contributed by atoms with Crippen molar-refractivity contribution < 1.29 is 9.53 Å². The minimum Gasteiger partial charge on any atom is -0.497 e. The van der Waals surface area contributed by atoms with Gasteiger partial charge in [-0.2, -0.15) is 0 Å². The van der Waals surface area contributed by atoms with Crippen molar-refractivity contribution in [3.05, 3.63) is 75.8 Å². The summed E-state index contributed by atoms with van der Waals surface area (Å²) in [6, 6.07) is 15.2. The molecule has 1 fully saturated rings. The van der Waals surface area contributed by atoms with Crippen LogP contribution >= 0.6 is 22.9 Å². The van der Waals surface area contributed by atoms with Crippen LogP contribution in [0.25, 0.3) is 0 Å². The SMILES string of the molecule is COc1ccc(C#CC2(C(=O)Nc3ncc(Cc4ccccc4Cl)s3)CC2)cc1. The molecular weight excluding hydrogens is 404 g/mol. The zero-order chi connectivity index (χ0) is 20.3. The summed E-state index contributed by atoms with van der Waals surface area (Å²) in [7, 11) is 1.63. The molecule has 6 heteroatoms. The Kier molecular flexibility index (Phi) is 5.57. The van der Waals surface area contributed by atoms with Gasteiger partial charge in [0.05, 0.1) is 7.11 Å². The fraction of sp³-hybridized carbons (Fsp3) is 0.217. The zero-order valence-electron chi connectivity index (χ0n) is 15.9. The Hall–Kier alpha value is -2.81. The molecule has 0 saturated heterocycles. The van der Waals surface area contributed by atoms with E-state index >= 15 is 0 Å². The van der Waals surface area contributed by atoms with E-state index in [2.05, 4.69) is 22.1 Å². The summed E-state index contributed by atoms with van der Waals surface area (Å²) in [4.78, 5) is 18.1. The zero-order valence-corrected chi connectivity index (χ0v) is 17.4. The smallest absolute Gasteiger partial charge is 0.244 e. The molecule has 4 nitrogen and oxygen atoms in total. The van der Waals surface area contributed by atoms with Crippen LogP contribution in [0.4, 0.5) is 5.13 Å². The third-order valence-electron chi connectivity index (χ3n) is 4.82. The van der Waals surface area contributed by atoms with Crippen LogP contribution in [0.1, 0.15) is 28.8 Å². The second-order valence-corrected chi connectivity index (χ2v) is 8.44. The number of hydrogen-bond donors (Lipinski definition) is 1. The number of hydrogen-bond acceptors (Lipinski definition) is 4. The molecule has 1 aliphatic carbocycles. The number of carbonyl (C=O) groups excluding carboxylic acids is 1. The lowest BCUT2D eigenvalue weighted by Gasteiger charge is -2.06. The molecule has 1 amide bonds. The van der Waals surface area contributed by atoms with Gasteiger partial charge in [-0.15, -0.1) is 11.3 Å². The van der Waals surface area contributed by atoms with Crippen LogP contribution in [0, 0.1) is 17.3 Å². The topological polar surface area (TPSA) is 51.2 Å². The van der Waals surface area contributed by atoms with Crippen LogP contribution in [0.3, 0.4) is 0 Å². The second-order valence-electron chi connectivity index (χ2n) is 6.91. The average Bonchev–Trinajstić information content (AvgIpc) is 3.42. The molecule has 1 heterocycles. The van der Waals surface area contributed by atoms with E-state index in [1.807, 2.05) is 48.5 Å². The number of methoxy groups -OCH3 is 1. The van der Waals surface area contributed by atoms with Gasteiger partial charge in [-0.3, -0.25) is 4.79 Å². The molecule has 4 rings (SSSR count). The first kappa shape index (κ1) is 19.5. The molecule has 2 aromatic carbocycles. The van der Waals surface area contributed by atoms with Crippen molar-refractivity contribution in [2.24, 2.45) is 5.41 Å². The lowest BCUT2D eigenvalue weighted by Crippen LogP contribution is -2.22. The first-order chi connectivity index (χ1) is 14.1. The highest BCUT2D eigenvalue weighted by atomic mass is 35.5. The Morgan fingerprint density at radius 1 is 1.24 bits per heavy atom. The predicted octanol–water partition coefficient (Wildman–Crippen LogP) is 5.17. The average molecular weight is 423 g/mol. The molecule has 0 spiro atoms. The van der Waals surface area contributed by atoms with E-state index in [1.54, 1.807) is 13.3 Å². The summed E-state index contributed by atoms with van der Waals surface area (Å²) < 4.78 is 5.15. The molecule has 0 atom stereocenters. The molecule has 0 unspecified atom stereocenters. The van der Waals surface area contributed by atoms with Gasteiger partial charge in [0.25, 0.3) is 0 Å². The van der Waals surface area contributed by atoms with Crippen LogP contribution in [-0.2, 0) is 11.2 Å². The Balaban J connectivity index is 1.41. The summed E-state index contributed by atoms with van der Waals surface area (Å²) >= 11 is 7.69. The van der Waals surface area contributed by atoms with Gasteiger partial charge in [0.2, 0.25) is 5.91 Å². The van der Waals surface area contributed by atoms with Crippen molar-refractivity contribution in [2.45, 2.75) is 19.3 Å². The summed E-state index contributed by atoms with van der Waals surface area (Å²) in [5, 5.41) is 4.26. The highest BCUT2D eigenvalue weighted by Crippen LogP contribution is 2.46. The molecule has 3 aromatic rings. The number of benzene rings is 2. The number of ether oxygens (including phenoxy) is 1. The summed E-state index contributed by atoms with van der Waals surface area (Å²) in [6.07, 6.45) is 4.00. The van der Waals surface area contributed by atoms with Gasteiger partial charge in [-0.1, -0.05) is 41.6 Å². The monoisotopic (exact) mass is 422 g/mol. The van der Waals surface area contributed by atoms with Gasteiger partial charge in [0.15, 0.2) is 5.13 Å². The van der Waals surface area contributed by atoms with Crippen LogP contribution in [0.2, 0.25) is 5.02 Å². The highest BCUT2D eigenvalue weighted by molar-refractivity contribution is 7.15. The summed E-state index contributed by atoms with van der Waals surface area (Å²) in [6.45, 7) is 0. The normalized spacial score (nSPS) is 13.9. The lowest BCUT2D eigenvalue weighted by atomic mass is 10.1. The summed E-state index contributed by atoms with van der Waals surface area (Å²) in [5.41, 5.74) is 1.29. The van der Waals surface area contributed by atoms with E-state index in [-0.39, 0.29) is 5.91 Å². The number of anilines is 1. The van der Waals surface area contributed by atoms with E-state index in [9.17, 15) is 4.79 Å². The highest BCUT2D eigenvalue weighted by Gasteiger charge is 2.49. The number of thiazole rings is 1. The van der Waals surface area contributed by atoms with E-state index < -0.39 is 5.41 Å². The van der Waals surface area contributed by atoms with Crippen LogP contribution < -0.4 is 10.1 Å². The largest absolute Gasteiger partial charge is 0.497 e. The van der Waals surface area contributed by atoms with Gasteiger partial charge >= 0.3 is 0 Å². The third kappa shape index (κ3) is 4.61. The lowest BCUT2D eigenvalue weighted by molar-refractivity contribution is -0.119. The molecule has 1 N–H and O–H groups in total. The first-order valence-corrected chi connectivity index (χ1v) is 10.4. The van der Waals surface area contributed by atoms with Crippen molar-refractivity contribution >= 4 is 34.0 Å². The van der Waals surface area contributed by atoms with Crippen LogP contribution in [-0.4, -0.2) is 18.0 Å². The number of amides is 1. The van der Waals surface area contributed by atoms with Crippen LogP contribution in [0.5, 0.6) is 5.75 Å². The maximum absolute atomic E-state index is 12.8. The van der Waals surface area contributed by atoms with Gasteiger partial charge < -0.3 is 10.1 Å². The third-order valence-corrected chi connectivity index (χ3v) is 6.10. The molecule has 1 aliphatic rings. The Morgan fingerprint density at radius 3 is 2.69 bits per heavy atom. The molecular formula is C23H19ClN2O2S. The first-order valence-electron chi connectivity index (χ1n) is 9.25. The fourth-order valence-electron chi connectivity index (χ4n) is 2.89. The Bertz CT molecular complexity index is 1090. The number of aromatic nitrogens is 1. The van der Waals surface area contributed by atoms with Crippen molar-refractivity contribution in [1.29, 1.82) is 0 Å². The molecule has 0 aliphatic heterocycles. The Morgan fingerprint density at radius 2 is 2.00 bits per heavy atom. The van der Waals surface area contributed by atoms with E-state index in [4.69, 9.17) is 16.3 Å². The van der Waals surface area contributed by atoms with Gasteiger partial charge in [0, 0.05) is 28.1 Å². The minimum atomic E-state index is -0.617. The number of nitrogens with one attached hydrogen (secondary N) is 1. The number of rotatable bonds is 5. The minimum absolute atomic E-state index is 0.0860. The maximum atomic E-state index is 12.8.